The minimum Gasteiger partial charge on any atom is -0.496 e. The van der Waals surface area contributed by atoms with Gasteiger partial charge in [-0.15, -0.1) is 0 Å². The quantitative estimate of drug-likeness (QED) is 0.351. The van der Waals surface area contributed by atoms with Gasteiger partial charge in [0.2, 0.25) is 5.91 Å². The lowest BCUT2D eigenvalue weighted by Gasteiger charge is -2.24. The van der Waals surface area contributed by atoms with Crippen LogP contribution < -0.4 is 21.1 Å². The van der Waals surface area contributed by atoms with Crippen molar-refractivity contribution >= 4 is 47.2 Å². The average Bonchev–Trinajstić information content (AvgIpc) is 2.96. The molecule has 1 saturated heterocycles. The molecule has 1 atom stereocenters. The molecule has 0 bridgehead atoms. The maximum Gasteiger partial charge on any atom is 0.337 e. The standard InChI is InChI=1S/C24H25ClN4O6/c1-3-19(13-4-6-17(23(32)33)18(26)10-13)28-24(34)29-12-21(30)27-11-15(22(29)31)8-14-9-16(25)5-7-20(14)35-2/h4-10,19H,3,11-12,26H2,1-2H3,(H,27,30)(H,28,34)(H,32,33)/t19-/m1/s1. The number of halogens is 1. The number of carbonyl (C=O) groups is 4. The van der Waals surface area contributed by atoms with E-state index in [0.717, 1.165) is 4.90 Å². The molecule has 1 fully saturated rings. The number of carboxylic acid groups (broad SMARTS) is 1. The second-order valence-corrected chi connectivity index (χ2v) is 8.22. The minimum absolute atomic E-state index is 0.0496. The van der Waals surface area contributed by atoms with Gasteiger partial charge in [-0.1, -0.05) is 24.6 Å². The molecular formula is C24H25ClN4O6. The Morgan fingerprint density at radius 2 is 2.03 bits per heavy atom. The fourth-order valence-electron chi connectivity index (χ4n) is 3.64. The number of ether oxygens (including phenoxy) is 1. The van der Waals surface area contributed by atoms with Crippen LogP contribution in [0.15, 0.2) is 42.0 Å². The van der Waals surface area contributed by atoms with Crippen molar-refractivity contribution in [3.63, 3.8) is 0 Å². The molecule has 1 heterocycles. The number of nitrogens with two attached hydrogens (primary N) is 1. The molecule has 11 heteroatoms. The second-order valence-electron chi connectivity index (χ2n) is 7.79. The Bertz CT molecular complexity index is 1210. The van der Waals surface area contributed by atoms with Crippen LogP contribution in [0.5, 0.6) is 5.75 Å². The first-order valence-corrected chi connectivity index (χ1v) is 11.1. The first-order chi connectivity index (χ1) is 16.6. The predicted molar refractivity (Wildman–Crippen MR) is 130 cm³/mol. The van der Waals surface area contributed by atoms with E-state index in [-0.39, 0.29) is 23.4 Å². The zero-order chi connectivity index (χ0) is 25.7. The van der Waals surface area contributed by atoms with E-state index in [4.69, 9.17) is 22.1 Å². The minimum atomic E-state index is -1.16. The van der Waals surface area contributed by atoms with Gasteiger partial charge in [-0.2, -0.15) is 0 Å². The number of amides is 4. The molecule has 0 spiro atoms. The van der Waals surface area contributed by atoms with Crippen molar-refractivity contribution in [2.75, 3.05) is 25.9 Å². The van der Waals surface area contributed by atoms with E-state index >= 15 is 0 Å². The number of nitrogens with zero attached hydrogens (tertiary/aromatic N) is 1. The third-order valence-corrected chi connectivity index (χ3v) is 5.71. The van der Waals surface area contributed by atoms with Crippen LogP contribution in [-0.4, -0.2) is 54.0 Å². The summed E-state index contributed by atoms with van der Waals surface area (Å²) in [5.41, 5.74) is 7.07. The monoisotopic (exact) mass is 500 g/mol. The normalized spacial score (nSPS) is 15.9. The first kappa shape index (κ1) is 25.6. The lowest BCUT2D eigenvalue weighted by molar-refractivity contribution is -0.128. The van der Waals surface area contributed by atoms with Gasteiger partial charge in [0.25, 0.3) is 5.91 Å². The number of nitrogen functional groups attached to an aromatic ring is 1. The highest BCUT2D eigenvalue weighted by atomic mass is 35.5. The Labute approximate surface area is 206 Å². The van der Waals surface area contributed by atoms with E-state index < -0.39 is 36.4 Å². The lowest BCUT2D eigenvalue weighted by atomic mass is 10.0. The number of hydrogen-bond donors (Lipinski definition) is 4. The number of aromatic carboxylic acids is 1. The molecular weight excluding hydrogens is 476 g/mol. The van der Waals surface area contributed by atoms with Crippen molar-refractivity contribution < 1.29 is 29.0 Å². The predicted octanol–water partition coefficient (Wildman–Crippen LogP) is 2.83. The molecule has 35 heavy (non-hydrogen) atoms. The highest BCUT2D eigenvalue weighted by molar-refractivity contribution is 6.30. The lowest BCUT2D eigenvalue weighted by Crippen LogP contribution is -2.47. The number of rotatable bonds is 6. The maximum absolute atomic E-state index is 13.2. The van der Waals surface area contributed by atoms with Crippen molar-refractivity contribution in [1.82, 2.24) is 15.5 Å². The molecule has 4 amide bonds. The van der Waals surface area contributed by atoms with Gasteiger partial charge in [-0.3, -0.25) is 14.5 Å². The number of methoxy groups -OCH3 is 1. The van der Waals surface area contributed by atoms with Crippen LogP contribution in [0.3, 0.4) is 0 Å². The van der Waals surface area contributed by atoms with E-state index in [2.05, 4.69) is 10.6 Å². The van der Waals surface area contributed by atoms with E-state index in [9.17, 15) is 24.3 Å². The van der Waals surface area contributed by atoms with E-state index in [1.54, 1.807) is 31.2 Å². The van der Waals surface area contributed by atoms with Gasteiger partial charge in [0.05, 0.1) is 18.7 Å². The van der Waals surface area contributed by atoms with Crippen LogP contribution in [0.1, 0.15) is 40.9 Å². The number of nitrogens with one attached hydrogen (secondary N) is 2. The molecule has 0 aromatic heterocycles. The van der Waals surface area contributed by atoms with E-state index in [0.29, 0.717) is 28.3 Å². The van der Waals surface area contributed by atoms with Crippen LogP contribution in [0.25, 0.3) is 6.08 Å². The van der Waals surface area contributed by atoms with Crippen LogP contribution in [0, 0.1) is 0 Å². The van der Waals surface area contributed by atoms with Gasteiger partial charge in [-0.05, 0) is 48.4 Å². The summed E-state index contributed by atoms with van der Waals surface area (Å²) >= 11 is 6.08. The van der Waals surface area contributed by atoms with Crippen LogP contribution in [0.2, 0.25) is 5.02 Å². The van der Waals surface area contributed by atoms with Crippen molar-refractivity contribution in [3.8, 4) is 5.75 Å². The average molecular weight is 501 g/mol. The third-order valence-electron chi connectivity index (χ3n) is 5.48. The maximum atomic E-state index is 13.2. The molecule has 2 aromatic carbocycles. The molecule has 0 aliphatic carbocycles. The topological polar surface area (TPSA) is 151 Å². The summed E-state index contributed by atoms with van der Waals surface area (Å²) < 4.78 is 5.31. The largest absolute Gasteiger partial charge is 0.496 e. The molecule has 1 aliphatic heterocycles. The van der Waals surface area contributed by atoms with Gasteiger partial charge < -0.3 is 26.2 Å². The Hall–Kier alpha value is -4.05. The summed E-state index contributed by atoms with van der Waals surface area (Å²) in [6.45, 7) is 1.26. The Kier molecular flexibility index (Phi) is 7.98. The van der Waals surface area contributed by atoms with Crippen molar-refractivity contribution in [2.24, 2.45) is 0 Å². The van der Waals surface area contributed by atoms with Crippen LogP contribution in [-0.2, 0) is 9.59 Å². The van der Waals surface area contributed by atoms with Gasteiger partial charge in [0.1, 0.15) is 12.3 Å². The van der Waals surface area contributed by atoms with Gasteiger partial charge in [-0.25, -0.2) is 9.59 Å². The number of imide groups is 1. The van der Waals surface area contributed by atoms with Gasteiger partial charge in [0, 0.05) is 28.4 Å². The molecule has 0 radical (unpaired) electrons. The highest BCUT2D eigenvalue weighted by Crippen LogP contribution is 2.26. The Balaban J connectivity index is 1.88. The van der Waals surface area contributed by atoms with Crippen molar-refractivity contribution in [1.29, 1.82) is 0 Å². The molecule has 2 aromatic rings. The van der Waals surface area contributed by atoms with Crippen molar-refractivity contribution in [2.45, 2.75) is 19.4 Å². The number of urea groups is 1. The Morgan fingerprint density at radius 3 is 2.66 bits per heavy atom. The number of benzene rings is 2. The summed E-state index contributed by atoms with van der Waals surface area (Å²) in [7, 11) is 1.47. The zero-order valence-electron chi connectivity index (χ0n) is 19.1. The molecule has 1 aliphatic rings. The summed E-state index contributed by atoms with van der Waals surface area (Å²) in [5, 5.41) is 14.9. The number of hydrogen-bond acceptors (Lipinski definition) is 6. The summed E-state index contributed by atoms with van der Waals surface area (Å²) in [6, 6.07) is 7.90. The molecule has 5 N–H and O–H groups in total. The summed E-state index contributed by atoms with van der Waals surface area (Å²) in [6.07, 6.45) is 1.94. The molecule has 0 saturated carbocycles. The van der Waals surface area contributed by atoms with Crippen LogP contribution in [0.4, 0.5) is 10.5 Å². The van der Waals surface area contributed by atoms with Crippen LogP contribution >= 0.6 is 11.6 Å². The summed E-state index contributed by atoms with van der Waals surface area (Å²) in [5.74, 6) is -1.85. The zero-order valence-corrected chi connectivity index (χ0v) is 19.9. The first-order valence-electron chi connectivity index (χ1n) is 10.7. The smallest absolute Gasteiger partial charge is 0.337 e. The number of anilines is 1. The van der Waals surface area contributed by atoms with E-state index in [1.165, 1.54) is 25.3 Å². The fraction of sp³-hybridized carbons (Fsp3) is 0.250. The number of carbonyl (C=O) groups excluding carboxylic acids is 3. The highest BCUT2D eigenvalue weighted by Gasteiger charge is 2.31. The summed E-state index contributed by atoms with van der Waals surface area (Å²) in [4.78, 5) is 50.7. The second kappa shape index (κ2) is 10.9. The Morgan fingerprint density at radius 1 is 1.29 bits per heavy atom. The molecule has 10 nitrogen and oxygen atoms in total. The molecule has 0 unspecified atom stereocenters. The third kappa shape index (κ3) is 5.90. The van der Waals surface area contributed by atoms with Crippen molar-refractivity contribution in [3.05, 3.63) is 63.7 Å². The number of carboxylic acids is 1. The van der Waals surface area contributed by atoms with Gasteiger partial charge >= 0.3 is 12.0 Å². The fourth-order valence-corrected chi connectivity index (χ4v) is 3.82. The SMILES string of the molecule is CC[C@@H](NC(=O)N1CC(=O)NCC(=Cc2cc(Cl)ccc2OC)C1=O)c1ccc(C(=O)O)c(N)c1. The molecule has 3 rings (SSSR count). The molecule has 184 valence electrons. The van der Waals surface area contributed by atoms with E-state index in [1.807, 2.05) is 0 Å². The van der Waals surface area contributed by atoms with Gasteiger partial charge in [0.15, 0.2) is 0 Å².